The first-order chi connectivity index (χ1) is 6.00. The fourth-order valence-electron chi connectivity index (χ4n) is 1.37. The van der Waals surface area contributed by atoms with Crippen LogP contribution in [0, 0.1) is 0 Å². The Morgan fingerprint density at radius 3 is 2.62 bits per heavy atom. The Hall–Kier alpha value is -0.490. The molecule has 76 valence electrons. The minimum Gasteiger partial charge on any atom is -0.394 e. The molecule has 0 unspecified atom stereocenters. The molecule has 0 aliphatic carbocycles. The van der Waals surface area contributed by atoms with Gasteiger partial charge in [-0.25, -0.2) is 0 Å². The van der Waals surface area contributed by atoms with Gasteiger partial charge in [0.05, 0.1) is 6.61 Å². The third-order valence-corrected chi connectivity index (χ3v) is 1.88. The number of rotatable bonds is 3. The second kappa shape index (κ2) is 3.71. The summed E-state index contributed by atoms with van der Waals surface area (Å²) in [5.74, 6) is -0.859. The van der Waals surface area contributed by atoms with Crippen molar-refractivity contribution in [2.75, 3.05) is 6.61 Å². The molecule has 0 bridgehead atoms. The fraction of sp³-hybridized carbons (Fsp3) is 0.875. The Balaban J connectivity index is 2.68. The van der Waals surface area contributed by atoms with Gasteiger partial charge in [0, 0.05) is 0 Å². The largest absolute Gasteiger partial charge is 0.394 e. The van der Waals surface area contributed by atoms with E-state index >= 15 is 0 Å². The minimum atomic E-state index is -1.25. The van der Waals surface area contributed by atoms with Crippen LogP contribution in [0.4, 0.5) is 0 Å². The van der Waals surface area contributed by atoms with Gasteiger partial charge >= 0.3 is 0 Å². The molecule has 13 heavy (non-hydrogen) atoms. The van der Waals surface area contributed by atoms with E-state index < -0.39 is 24.1 Å². The van der Waals surface area contributed by atoms with Crippen molar-refractivity contribution in [1.82, 2.24) is 0 Å². The zero-order valence-electron chi connectivity index (χ0n) is 7.64. The number of aliphatic hydroxyl groups is 2. The lowest BCUT2D eigenvalue weighted by Crippen LogP contribution is -2.38. The van der Waals surface area contributed by atoms with E-state index in [1.807, 2.05) is 0 Å². The maximum Gasteiger partial charge on any atom is 0.164 e. The molecule has 0 saturated carbocycles. The van der Waals surface area contributed by atoms with Crippen LogP contribution in [0.2, 0.25) is 0 Å². The molecule has 1 fully saturated rings. The average molecular weight is 190 g/mol. The first kappa shape index (κ1) is 10.6. The predicted octanol–water partition coefficient (Wildman–Crippen LogP) is -0.941. The van der Waals surface area contributed by atoms with Crippen LogP contribution in [0.3, 0.4) is 0 Å². The summed E-state index contributed by atoms with van der Waals surface area (Å²) in [4.78, 5) is 10.3. The molecule has 0 aromatic rings. The number of carbonyl (C=O) groups excluding carboxylic acids is 1. The first-order valence-electron chi connectivity index (χ1n) is 4.10. The zero-order chi connectivity index (χ0) is 10.1. The molecule has 1 saturated heterocycles. The van der Waals surface area contributed by atoms with Crippen molar-refractivity contribution in [3.8, 4) is 0 Å². The van der Waals surface area contributed by atoms with E-state index in [2.05, 4.69) is 0 Å². The number of aliphatic hydroxyl groups excluding tert-OH is 2. The van der Waals surface area contributed by atoms with Crippen molar-refractivity contribution < 1.29 is 24.5 Å². The molecule has 1 aliphatic heterocycles. The van der Waals surface area contributed by atoms with E-state index in [-0.39, 0.29) is 6.61 Å². The van der Waals surface area contributed by atoms with Crippen LogP contribution < -0.4 is 0 Å². The summed E-state index contributed by atoms with van der Waals surface area (Å²) in [6, 6.07) is 0. The van der Waals surface area contributed by atoms with Crippen LogP contribution in [0.25, 0.3) is 0 Å². The molecular weight excluding hydrogens is 176 g/mol. The number of carbonyl (C=O) groups is 1. The standard InChI is InChI=1S/C8H14O5/c1-8(2)12-6(4-10)7(13-8)5(11)3-9/h3,5-7,10-11H,4H2,1-2H3/t5-,6-,7+/m1/s1. The topological polar surface area (TPSA) is 76.0 Å². The van der Waals surface area contributed by atoms with Crippen molar-refractivity contribution in [1.29, 1.82) is 0 Å². The second-order valence-corrected chi connectivity index (χ2v) is 3.45. The van der Waals surface area contributed by atoms with E-state index in [1.54, 1.807) is 13.8 Å². The van der Waals surface area contributed by atoms with Gasteiger partial charge in [-0.2, -0.15) is 0 Å². The van der Waals surface area contributed by atoms with Crippen LogP contribution in [0.15, 0.2) is 0 Å². The van der Waals surface area contributed by atoms with Crippen molar-refractivity contribution in [3.63, 3.8) is 0 Å². The number of ether oxygens (including phenoxy) is 2. The lowest BCUT2D eigenvalue weighted by molar-refractivity contribution is -0.157. The summed E-state index contributed by atoms with van der Waals surface area (Å²) in [7, 11) is 0. The molecule has 0 aromatic heterocycles. The third kappa shape index (κ3) is 2.25. The fourth-order valence-corrected chi connectivity index (χ4v) is 1.37. The molecule has 0 radical (unpaired) electrons. The van der Waals surface area contributed by atoms with Crippen LogP contribution in [-0.4, -0.2) is 47.2 Å². The van der Waals surface area contributed by atoms with Gasteiger partial charge < -0.3 is 24.5 Å². The van der Waals surface area contributed by atoms with Gasteiger partial charge in [-0.15, -0.1) is 0 Å². The van der Waals surface area contributed by atoms with Gasteiger partial charge in [0.25, 0.3) is 0 Å². The minimum absolute atomic E-state index is 0.279. The summed E-state index contributed by atoms with van der Waals surface area (Å²) >= 11 is 0. The Labute approximate surface area is 76.3 Å². The summed E-state index contributed by atoms with van der Waals surface area (Å²) in [5.41, 5.74) is 0. The highest BCUT2D eigenvalue weighted by Crippen LogP contribution is 2.29. The molecule has 1 aliphatic rings. The van der Waals surface area contributed by atoms with Crippen LogP contribution >= 0.6 is 0 Å². The van der Waals surface area contributed by atoms with Gasteiger partial charge in [0.2, 0.25) is 0 Å². The first-order valence-corrected chi connectivity index (χ1v) is 4.10. The molecule has 0 aromatic carbocycles. The lowest BCUT2D eigenvalue weighted by Gasteiger charge is -2.17. The molecule has 0 spiro atoms. The van der Waals surface area contributed by atoms with E-state index in [4.69, 9.17) is 14.6 Å². The summed E-state index contributed by atoms with van der Waals surface area (Å²) in [6.07, 6.45) is -2.30. The Morgan fingerprint density at radius 1 is 1.54 bits per heavy atom. The molecule has 1 rings (SSSR count). The van der Waals surface area contributed by atoms with Crippen molar-refractivity contribution >= 4 is 6.29 Å². The lowest BCUT2D eigenvalue weighted by atomic mass is 10.1. The molecule has 2 N–H and O–H groups in total. The molecule has 0 amide bonds. The van der Waals surface area contributed by atoms with Crippen molar-refractivity contribution in [2.24, 2.45) is 0 Å². The van der Waals surface area contributed by atoms with Crippen LogP contribution in [0.1, 0.15) is 13.8 Å². The molecule has 5 nitrogen and oxygen atoms in total. The number of hydrogen-bond donors (Lipinski definition) is 2. The Morgan fingerprint density at radius 2 is 2.15 bits per heavy atom. The predicted molar refractivity (Wildman–Crippen MR) is 43.0 cm³/mol. The maximum atomic E-state index is 10.3. The number of hydrogen-bond acceptors (Lipinski definition) is 5. The van der Waals surface area contributed by atoms with E-state index in [1.165, 1.54) is 0 Å². The zero-order valence-corrected chi connectivity index (χ0v) is 7.64. The van der Waals surface area contributed by atoms with Crippen LogP contribution in [-0.2, 0) is 14.3 Å². The molecular formula is C8H14O5. The van der Waals surface area contributed by atoms with Gasteiger partial charge in [0.1, 0.15) is 18.3 Å². The maximum absolute atomic E-state index is 10.3. The van der Waals surface area contributed by atoms with E-state index in [0.717, 1.165) is 0 Å². The molecule has 1 heterocycles. The summed E-state index contributed by atoms with van der Waals surface area (Å²) < 4.78 is 10.5. The highest BCUT2D eigenvalue weighted by Gasteiger charge is 2.44. The number of aldehydes is 1. The highest BCUT2D eigenvalue weighted by molar-refractivity contribution is 5.56. The Kier molecular flexibility index (Phi) is 3.02. The van der Waals surface area contributed by atoms with Crippen molar-refractivity contribution in [2.45, 2.75) is 37.9 Å². The van der Waals surface area contributed by atoms with E-state index in [9.17, 15) is 9.90 Å². The third-order valence-electron chi connectivity index (χ3n) is 1.88. The average Bonchev–Trinajstić information content (AvgIpc) is 2.39. The van der Waals surface area contributed by atoms with Gasteiger partial charge in [-0.05, 0) is 13.8 Å². The second-order valence-electron chi connectivity index (χ2n) is 3.45. The smallest absolute Gasteiger partial charge is 0.164 e. The summed E-state index contributed by atoms with van der Waals surface area (Å²) in [5, 5.41) is 18.1. The van der Waals surface area contributed by atoms with Gasteiger partial charge in [-0.3, -0.25) is 0 Å². The Bertz CT molecular complexity index is 191. The highest BCUT2D eigenvalue weighted by atomic mass is 16.8. The van der Waals surface area contributed by atoms with Crippen LogP contribution in [0.5, 0.6) is 0 Å². The van der Waals surface area contributed by atoms with Gasteiger partial charge in [-0.1, -0.05) is 0 Å². The SMILES string of the molecule is CC1(C)O[C@@H]([C@H](O)C=O)[C@@H](CO)O1. The monoisotopic (exact) mass is 190 g/mol. The summed E-state index contributed by atoms with van der Waals surface area (Å²) in [6.45, 7) is 3.04. The van der Waals surface area contributed by atoms with E-state index in [0.29, 0.717) is 6.29 Å². The molecule has 3 atom stereocenters. The normalized spacial score (nSPS) is 34.5. The van der Waals surface area contributed by atoms with Crippen molar-refractivity contribution in [3.05, 3.63) is 0 Å². The van der Waals surface area contributed by atoms with Gasteiger partial charge in [0.15, 0.2) is 12.1 Å². The quantitative estimate of drug-likeness (QED) is 0.562. The molecule has 5 heteroatoms.